The van der Waals surface area contributed by atoms with Crippen LogP contribution in [0.2, 0.25) is 0 Å². The van der Waals surface area contributed by atoms with E-state index in [1.807, 2.05) is 30.3 Å². The lowest BCUT2D eigenvalue weighted by molar-refractivity contribution is -0.139. The molecule has 32 heavy (non-hydrogen) atoms. The molecule has 1 fully saturated rings. The molecule has 1 heterocycles. The van der Waals surface area contributed by atoms with Crippen molar-refractivity contribution in [2.24, 2.45) is 5.10 Å². The zero-order valence-electron chi connectivity index (χ0n) is 17.6. The van der Waals surface area contributed by atoms with Gasteiger partial charge in [0, 0.05) is 19.7 Å². The molecule has 0 saturated carbocycles. The van der Waals surface area contributed by atoms with Gasteiger partial charge in [-0.15, -0.1) is 0 Å². The van der Waals surface area contributed by atoms with Crippen LogP contribution >= 0.6 is 0 Å². The van der Waals surface area contributed by atoms with Crippen molar-refractivity contribution >= 4 is 23.9 Å². The number of amides is 3. The average molecular weight is 438 g/mol. The molecule has 0 radical (unpaired) electrons. The van der Waals surface area contributed by atoms with E-state index in [1.54, 1.807) is 24.3 Å². The molecular weight excluding hydrogens is 412 g/mol. The van der Waals surface area contributed by atoms with Crippen LogP contribution in [0.25, 0.3) is 0 Å². The number of nitrogens with zero attached hydrogens (tertiary/aromatic N) is 1. The SMILES string of the molecule is O=C(COc1ccc(/C=N\NC(=O)C(=O)NCc2ccccc2)cc1)NC[C@H]1CCCO1. The van der Waals surface area contributed by atoms with Crippen molar-refractivity contribution < 1.29 is 23.9 Å². The lowest BCUT2D eigenvalue weighted by Crippen LogP contribution is -2.37. The van der Waals surface area contributed by atoms with E-state index in [4.69, 9.17) is 9.47 Å². The number of nitrogens with one attached hydrogen (secondary N) is 3. The summed E-state index contributed by atoms with van der Waals surface area (Å²) in [5, 5.41) is 9.09. The molecule has 3 rings (SSSR count). The third kappa shape index (κ3) is 7.84. The maximum atomic E-state index is 11.8. The van der Waals surface area contributed by atoms with Crippen LogP contribution in [0.3, 0.4) is 0 Å². The van der Waals surface area contributed by atoms with Crippen LogP contribution in [-0.2, 0) is 25.7 Å². The van der Waals surface area contributed by atoms with Crippen molar-refractivity contribution in [2.75, 3.05) is 19.8 Å². The van der Waals surface area contributed by atoms with Gasteiger partial charge in [-0.05, 0) is 48.2 Å². The topological polar surface area (TPSA) is 118 Å². The molecule has 0 spiro atoms. The van der Waals surface area contributed by atoms with Gasteiger partial charge in [-0.1, -0.05) is 30.3 Å². The molecule has 1 atom stereocenters. The van der Waals surface area contributed by atoms with E-state index in [2.05, 4.69) is 21.2 Å². The Morgan fingerprint density at radius 1 is 1.03 bits per heavy atom. The molecule has 0 bridgehead atoms. The number of hydrazone groups is 1. The van der Waals surface area contributed by atoms with Gasteiger partial charge < -0.3 is 20.1 Å². The molecule has 0 aromatic heterocycles. The molecule has 168 valence electrons. The van der Waals surface area contributed by atoms with Crippen LogP contribution in [0.15, 0.2) is 59.7 Å². The Hall–Kier alpha value is -3.72. The molecule has 0 unspecified atom stereocenters. The average Bonchev–Trinajstić information content (AvgIpc) is 3.35. The van der Waals surface area contributed by atoms with E-state index in [9.17, 15) is 14.4 Å². The van der Waals surface area contributed by atoms with E-state index in [-0.39, 0.29) is 25.2 Å². The number of ether oxygens (including phenoxy) is 2. The van der Waals surface area contributed by atoms with Gasteiger partial charge in [-0.3, -0.25) is 14.4 Å². The minimum atomic E-state index is -0.855. The second-order valence-corrected chi connectivity index (χ2v) is 7.16. The number of rotatable bonds is 9. The third-order valence-corrected chi connectivity index (χ3v) is 4.68. The second kappa shape index (κ2) is 12.2. The van der Waals surface area contributed by atoms with Gasteiger partial charge in [-0.2, -0.15) is 5.10 Å². The quantitative estimate of drug-likeness (QED) is 0.308. The van der Waals surface area contributed by atoms with Crippen molar-refractivity contribution in [2.45, 2.75) is 25.5 Å². The second-order valence-electron chi connectivity index (χ2n) is 7.16. The van der Waals surface area contributed by atoms with Crippen LogP contribution in [0.1, 0.15) is 24.0 Å². The number of benzene rings is 2. The first-order valence-electron chi connectivity index (χ1n) is 10.4. The Balaban J connectivity index is 1.34. The van der Waals surface area contributed by atoms with Gasteiger partial charge in [0.1, 0.15) is 5.75 Å². The van der Waals surface area contributed by atoms with Crippen LogP contribution in [0.4, 0.5) is 0 Å². The first-order valence-corrected chi connectivity index (χ1v) is 10.4. The van der Waals surface area contributed by atoms with Crippen LogP contribution in [0, 0.1) is 0 Å². The maximum absolute atomic E-state index is 11.8. The molecule has 2 aromatic rings. The third-order valence-electron chi connectivity index (χ3n) is 4.68. The van der Waals surface area contributed by atoms with Gasteiger partial charge >= 0.3 is 11.8 Å². The van der Waals surface area contributed by atoms with E-state index in [1.165, 1.54) is 6.21 Å². The molecule has 3 amide bonds. The molecule has 1 aliphatic rings. The van der Waals surface area contributed by atoms with Gasteiger partial charge in [0.15, 0.2) is 6.61 Å². The largest absolute Gasteiger partial charge is 0.484 e. The highest BCUT2D eigenvalue weighted by Gasteiger charge is 2.16. The molecule has 0 aliphatic carbocycles. The Morgan fingerprint density at radius 2 is 1.81 bits per heavy atom. The maximum Gasteiger partial charge on any atom is 0.329 e. The van der Waals surface area contributed by atoms with Crippen molar-refractivity contribution in [1.29, 1.82) is 0 Å². The summed E-state index contributed by atoms with van der Waals surface area (Å²) in [4.78, 5) is 35.4. The monoisotopic (exact) mass is 438 g/mol. The van der Waals surface area contributed by atoms with Crippen molar-refractivity contribution in [3.63, 3.8) is 0 Å². The molecule has 9 heteroatoms. The first-order chi connectivity index (χ1) is 15.6. The van der Waals surface area contributed by atoms with Gasteiger partial charge in [0.25, 0.3) is 5.91 Å². The number of carbonyl (C=O) groups is 3. The zero-order valence-corrected chi connectivity index (χ0v) is 17.6. The lowest BCUT2D eigenvalue weighted by Gasteiger charge is -2.11. The lowest BCUT2D eigenvalue weighted by atomic mass is 10.2. The Labute approximate surface area is 186 Å². The highest BCUT2D eigenvalue weighted by atomic mass is 16.5. The Morgan fingerprint density at radius 3 is 2.53 bits per heavy atom. The highest BCUT2D eigenvalue weighted by molar-refractivity contribution is 6.35. The minimum absolute atomic E-state index is 0.0890. The number of hydrogen-bond acceptors (Lipinski definition) is 6. The fraction of sp³-hybridized carbons (Fsp3) is 0.304. The predicted octanol–water partition coefficient (Wildman–Crippen LogP) is 1.13. The van der Waals surface area contributed by atoms with Crippen molar-refractivity contribution in [3.05, 3.63) is 65.7 Å². The fourth-order valence-electron chi connectivity index (χ4n) is 2.96. The number of hydrogen-bond donors (Lipinski definition) is 3. The molecule has 9 nitrogen and oxygen atoms in total. The summed E-state index contributed by atoms with van der Waals surface area (Å²) in [5.74, 6) is -1.31. The van der Waals surface area contributed by atoms with E-state index < -0.39 is 11.8 Å². The van der Waals surface area contributed by atoms with Gasteiger partial charge in [0.05, 0.1) is 12.3 Å². The van der Waals surface area contributed by atoms with E-state index in [0.717, 1.165) is 25.0 Å². The Bertz CT molecular complexity index is 925. The minimum Gasteiger partial charge on any atom is -0.484 e. The van der Waals surface area contributed by atoms with Crippen molar-refractivity contribution in [1.82, 2.24) is 16.1 Å². The highest BCUT2D eigenvalue weighted by Crippen LogP contribution is 2.12. The first kappa shape index (κ1) is 23.0. The van der Waals surface area contributed by atoms with Crippen molar-refractivity contribution in [3.8, 4) is 5.75 Å². The van der Waals surface area contributed by atoms with Gasteiger partial charge in [-0.25, -0.2) is 5.43 Å². The molecule has 1 saturated heterocycles. The fourth-order valence-corrected chi connectivity index (χ4v) is 2.96. The smallest absolute Gasteiger partial charge is 0.329 e. The molecule has 1 aliphatic heterocycles. The zero-order chi connectivity index (χ0) is 22.6. The summed E-state index contributed by atoms with van der Waals surface area (Å²) < 4.78 is 10.9. The molecule has 2 aromatic carbocycles. The summed E-state index contributed by atoms with van der Waals surface area (Å²) >= 11 is 0. The molecule has 3 N–H and O–H groups in total. The summed E-state index contributed by atoms with van der Waals surface area (Å²) in [6, 6.07) is 16.1. The summed E-state index contributed by atoms with van der Waals surface area (Å²) in [6.45, 7) is 1.41. The Kier molecular flexibility index (Phi) is 8.76. The van der Waals surface area contributed by atoms with Crippen LogP contribution < -0.4 is 20.8 Å². The summed E-state index contributed by atoms with van der Waals surface area (Å²) in [5.41, 5.74) is 3.76. The molecular formula is C23H26N4O5. The van der Waals surface area contributed by atoms with Crippen LogP contribution in [0.5, 0.6) is 5.75 Å². The van der Waals surface area contributed by atoms with E-state index >= 15 is 0 Å². The van der Waals surface area contributed by atoms with E-state index in [0.29, 0.717) is 17.9 Å². The summed E-state index contributed by atoms with van der Waals surface area (Å²) in [7, 11) is 0. The predicted molar refractivity (Wildman–Crippen MR) is 118 cm³/mol. The van der Waals surface area contributed by atoms with Crippen LogP contribution in [-0.4, -0.2) is 49.8 Å². The normalized spacial score (nSPS) is 15.3. The standard InChI is InChI=1S/C23H26N4O5/c28-21(24-15-20-7-4-12-31-20)16-32-19-10-8-18(9-11-19)14-26-27-23(30)22(29)25-13-17-5-2-1-3-6-17/h1-3,5-6,8-11,14,20H,4,7,12-13,15-16H2,(H,24,28)(H,25,29)(H,27,30)/b26-14-/t20-/m1/s1. The summed E-state index contributed by atoms with van der Waals surface area (Å²) in [6.07, 6.45) is 3.48. The van der Waals surface area contributed by atoms with Gasteiger partial charge in [0.2, 0.25) is 0 Å². The number of carbonyl (C=O) groups excluding carboxylic acids is 3.